The second-order valence-corrected chi connectivity index (χ2v) is 7.05. The fourth-order valence-electron chi connectivity index (χ4n) is 1.52. The van der Waals surface area contributed by atoms with E-state index in [1.165, 1.54) is 6.07 Å². The minimum atomic E-state index is -3.61. The maximum absolute atomic E-state index is 13.6. The molecule has 0 fully saturated rings. The number of para-hydroxylation sites is 1. The van der Waals surface area contributed by atoms with E-state index >= 15 is 0 Å². The van der Waals surface area contributed by atoms with Gasteiger partial charge < -0.3 is 5.32 Å². The molecule has 1 rings (SSSR count). The molecule has 2 N–H and O–H groups in total. The van der Waals surface area contributed by atoms with Gasteiger partial charge in [-0.3, -0.25) is 4.72 Å². The number of halogens is 1. The predicted octanol–water partition coefficient (Wildman–Crippen LogP) is 2.26. The topological polar surface area (TPSA) is 58.2 Å². The molecule has 0 radical (unpaired) electrons. The van der Waals surface area contributed by atoms with Crippen LogP contribution in [0.2, 0.25) is 0 Å². The summed E-state index contributed by atoms with van der Waals surface area (Å²) in [6.45, 7) is 7.45. The zero-order valence-corrected chi connectivity index (χ0v) is 12.5. The summed E-state index contributed by atoms with van der Waals surface area (Å²) in [6.07, 6.45) is 0. The van der Waals surface area contributed by atoms with Crippen molar-refractivity contribution >= 4 is 15.7 Å². The molecule has 0 aliphatic rings. The molecule has 0 saturated carbocycles. The molecular formula is C13H21FN2O2S. The zero-order chi connectivity index (χ0) is 14.6. The SMILES string of the molecule is Cc1cccc(F)c1NS(=O)(=O)C(C)CNC(C)C. The van der Waals surface area contributed by atoms with E-state index < -0.39 is 21.1 Å². The van der Waals surface area contributed by atoms with Crippen LogP contribution in [0.15, 0.2) is 18.2 Å². The van der Waals surface area contributed by atoms with Gasteiger partial charge in [0, 0.05) is 12.6 Å². The van der Waals surface area contributed by atoms with Crippen molar-refractivity contribution in [3.05, 3.63) is 29.6 Å². The standard InChI is InChI=1S/C13H21FN2O2S/c1-9(2)15-8-11(4)19(17,18)16-13-10(3)6-5-7-12(13)14/h5-7,9,11,15-16H,8H2,1-4H3. The van der Waals surface area contributed by atoms with Crippen LogP contribution >= 0.6 is 0 Å². The first kappa shape index (κ1) is 15.9. The summed E-state index contributed by atoms with van der Waals surface area (Å²) < 4.78 is 40.1. The molecule has 1 aromatic rings. The van der Waals surface area contributed by atoms with Crippen LogP contribution in [0.5, 0.6) is 0 Å². The Balaban J connectivity index is 2.85. The van der Waals surface area contributed by atoms with Gasteiger partial charge in [-0.2, -0.15) is 0 Å². The second-order valence-electron chi connectivity index (χ2n) is 4.95. The van der Waals surface area contributed by atoms with Crippen molar-refractivity contribution in [2.75, 3.05) is 11.3 Å². The fourth-order valence-corrected chi connectivity index (χ4v) is 2.58. The molecule has 108 valence electrons. The maximum Gasteiger partial charge on any atom is 0.236 e. The van der Waals surface area contributed by atoms with E-state index in [2.05, 4.69) is 10.0 Å². The molecule has 0 saturated heterocycles. The molecule has 0 aliphatic heterocycles. The minimum Gasteiger partial charge on any atom is -0.313 e. The van der Waals surface area contributed by atoms with E-state index in [1.54, 1.807) is 26.0 Å². The molecule has 0 heterocycles. The first-order valence-electron chi connectivity index (χ1n) is 6.24. The van der Waals surface area contributed by atoms with Gasteiger partial charge in [0.15, 0.2) is 0 Å². The molecule has 0 aliphatic carbocycles. The third-order valence-corrected chi connectivity index (χ3v) is 4.52. The van der Waals surface area contributed by atoms with Crippen molar-refractivity contribution in [2.45, 2.75) is 39.0 Å². The Morgan fingerprint density at radius 2 is 1.89 bits per heavy atom. The average molecular weight is 288 g/mol. The first-order chi connectivity index (χ1) is 8.74. The third kappa shape index (κ3) is 4.47. The average Bonchev–Trinajstić information content (AvgIpc) is 2.31. The summed E-state index contributed by atoms with van der Waals surface area (Å²) in [5, 5.41) is 2.41. The Morgan fingerprint density at radius 3 is 2.42 bits per heavy atom. The molecular weight excluding hydrogens is 267 g/mol. The van der Waals surface area contributed by atoms with Crippen molar-refractivity contribution < 1.29 is 12.8 Å². The Morgan fingerprint density at radius 1 is 1.26 bits per heavy atom. The number of aryl methyl sites for hydroxylation is 1. The van der Waals surface area contributed by atoms with E-state index in [-0.39, 0.29) is 11.7 Å². The van der Waals surface area contributed by atoms with Crippen LogP contribution in [0, 0.1) is 12.7 Å². The highest BCUT2D eigenvalue weighted by atomic mass is 32.2. The molecule has 0 amide bonds. The second kappa shape index (κ2) is 6.34. The van der Waals surface area contributed by atoms with E-state index in [4.69, 9.17) is 0 Å². The van der Waals surface area contributed by atoms with Crippen LogP contribution in [0.25, 0.3) is 0 Å². The number of sulfonamides is 1. The summed E-state index contributed by atoms with van der Waals surface area (Å²) in [5.41, 5.74) is 0.589. The monoisotopic (exact) mass is 288 g/mol. The van der Waals surface area contributed by atoms with Crippen LogP contribution < -0.4 is 10.0 Å². The smallest absolute Gasteiger partial charge is 0.236 e. The lowest BCUT2D eigenvalue weighted by Crippen LogP contribution is -2.37. The molecule has 4 nitrogen and oxygen atoms in total. The summed E-state index contributed by atoms with van der Waals surface area (Å²) >= 11 is 0. The van der Waals surface area contributed by atoms with Gasteiger partial charge >= 0.3 is 0 Å². The fraction of sp³-hybridized carbons (Fsp3) is 0.538. The van der Waals surface area contributed by atoms with Crippen molar-refractivity contribution in [3.63, 3.8) is 0 Å². The van der Waals surface area contributed by atoms with E-state index in [0.717, 1.165) is 0 Å². The summed E-state index contributed by atoms with van der Waals surface area (Å²) in [7, 11) is -3.61. The van der Waals surface area contributed by atoms with E-state index in [0.29, 0.717) is 12.1 Å². The third-order valence-electron chi connectivity index (χ3n) is 2.81. The van der Waals surface area contributed by atoms with E-state index in [9.17, 15) is 12.8 Å². The van der Waals surface area contributed by atoms with Crippen LogP contribution in [-0.4, -0.2) is 26.3 Å². The maximum atomic E-state index is 13.6. The van der Waals surface area contributed by atoms with Gasteiger partial charge in [0.05, 0.1) is 10.9 Å². The number of nitrogens with one attached hydrogen (secondary N) is 2. The highest BCUT2D eigenvalue weighted by Gasteiger charge is 2.22. The van der Waals surface area contributed by atoms with E-state index in [1.807, 2.05) is 13.8 Å². The number of hydrogen-bond donors (Lipinski definition) is 2. The molecule has 0 spiro atoms. The lowest BCUT2D eigenvalue weighted by Gasteiger charge is -2.18. The highest BCUT2D eigenvalue weighted by molar-refractivity contribution is 7.93. The Kier molecular flexibility index (Phi) is 5.31. The van der Waals surface area contributed by atoms with Crippen molar-refractivity contribution in [1.29, 1.82) is 0 Å². The van der Waals surface area contributed by atoms with Gasteiger partial charge in [-0.25, -0.2) is 12.8 Å². The molecule has 0 aromatic heterocycles. The van der Waals surface area contributed by atoms with Gasteiger partial charge in [0.1, 0.15) is 5.82 Å². The lowest BCUT2D eigenvalue weighted by atomic mass is 10.2. The van der Waals surface area contributed by atoms with Crippen LogP contribution in [0.1, 0.15) is 26.3 Å². The summed E-state index contributed by atoms with van der Waals surface area (Å²) in [4.78, 5) is 0. The predicted molar refractivity (Wildman–Crippen MR) is 76.3 cm³/mol. The van der Waals surface area contributed by atoms with Crippen molar-refractivity contribution in [2.24, 2.45) is 0 Å². The molecule has 6 heteroatoms. The lowest BCUT2D eigenvalue weighted by molar-refractivity contribution is 0.553. The Hall–Kier alpha value is -1.14. The number of hydrogen-bond acceptors (Lipinski definition) is 3. The van der Waals surface area contributed by atoms with Crippen molar-refractivity contribution in [1.82, 2.24) is 5.32 Å². The first-order valence-corrected chi connectivity index (χ1v) is 7.79. The molecule has 1 unspecified atom stereocenters. The molecule has 0 bridgehead atoms. The summed E-state index contributed by atoms with van der Waals surface area (Å²) in [5.74, 6) is -0.562. The number of rotatable bonds is 6. The summed E-state index contributed by atoms with van der Waals surface area (Å²) in [6, 6.07) is 4.65. The largest absolute Gasteiger partial charge is 0.313 e. The van der Waals surface area contributed by atoms with Crippen molar-refractivity contribution in [3.8, 4) is 0 Å². The van der Waals surface area contributed by atoms with Crippen LogP contribution in [-0.2, 0) is 10.0 Å². The molecule has 1 atom stereocenters. The van der Waals surface area contributed by atoms with Crippen LogP contribution in [0.4, 0.5) is 10.1 Å². The van der Waals surface area contributed by atoms with Gasteiger partial charge in [-0.15, -0.1) is 0 Å². The minimum absolute atomic E-state index is 0.0268. The number of benzene rings is 1. The quantitative estimate of drug-likeness (QED) is 0.844. The number of anilines is 1. The zero-order valence-electron chi connectivity index (χ0n) is 11.7. The van der Waals surface area contributed by atoms with Crippen LogP contribution in [0.3, 0.4) is 0 Å². The van der Waals surface area contributed by atoms with Gasteiger partial charge in [-0.1, -0.05) is 26.0 Å². The molecule has 19 heavy (non-hydrogen) atoms. The van der Waals surface area contributed by atoms with Gasteiger partial charge in [-0.05, 0) is 25.5 Å². The van der Waals surface area contributed by atoms with Gasteiger partial charge in [0.25, 0.3) is 0 Å². The highest BCUT2D eigenvalue weighted by Crippen LogP contribution is 2.21. The Labute approximate surface area is 114 Å². The van der Waals surface area contributed by atoms with Gasteiger partial charge in [0.2, 0.25) is 10.0 Å². The normalized spacial score (nSPS) is 13.6. The molecule has 1 aromatic carbocycles. The Bertz CT molecular complexity index is 509.